The Morgan fingerprint density at radius 3 is 2.50 bits per heavy atom. The molecular weight excluding hydrogens is 259 g/mol. The van der Waals surface area contributed by atoms with E-state index in [1.807, 2.05) is 0 Å². The number of halogens is 1. The summed E-state index contributed by atoms with van der Waals surface area (Å²) in [6, 6.07) is 7.59. The van der Waals surface area contributed by atoms with Gasteiger partial charge in [0, 0.05) is 18.1 Å². The van der Waals surface area contributed by atoms with E-state index in [0.717, 1.165) is 5.56 Å². The van der Waals surface area contributed by atoms with Crippen molar-refractivity contribution in [2.24, 2.45) is 0 Å². The number of nitrogens with zero attached hydrogens (tertiary/aromatic N) is 1. The Bertz CT molecular complexity index is 611. The van der Waals surface area contributed by atoms with Gasteiger partial charge in [-0.3, -0.25) is 4.98 Å². The fraction of sp³-hybridized carbons (Fsp3) is 0.200. The zero-order chi connectivity index (χ0) is 14.8. The second-order valence-corrected chi connectivity index (χ2v) is 4.81. The summed E-state index contributed by atoms with van der Waals surface area (Å²) in [5.74, 6) is -1.46. The number of aromatic nitrogens is 1. The lowest BCUT2D eigenvalue weighted by Gasteiger charge is -2.28. The van der Waals surface area contributed by atoms with Crippen LogP contribution in [0.4, 0.5) is 10.1 Å². The lowest BCUT2D eigenvalue weighted by atomic mass is 9.92. The number of pyridine rings is 1. The molecule has 1 heterocycles. The number of benzene rings is 1. The molecule has 2 N–H and O–H groups in total. The zero-order valence-corrected chi connectivity index (χ0v) is 11.2. The molecule has 2 aromatic rings. The summed E-state index contributed by atoms with van der Waals surface area (Å²) in [5, 5.41) is 12.4. The summed E-state index contributed by atoms with van der Waals surface area (Å²) >= 11 is 0. The normalized spacial score (nSPS) is 13.6. The summed E-state index contributed by atoms with van der Waals surface area (Å²) in [7, 11) is 0. The van der Waals surface area contributed by atoms with Gasteiger partial charge < -0.3 is 10.4 Å². The predicted octanol–water partition coefficient (Wildman–Crippen LogP) is 2.94. The topological polar surface area (TPSA) is 62.2 Å². The van der Waals surface area contributed by atoms with Gasteiger partial charge in [0.05, 0.1) is 0 Å². The van der Waals surface area contributed by atoms with E-state index in [0.29, 0.717) is 11.3 Å². The summed E-state index contributed by atoms with van der Waals surface area (Å²) in [6.45, 7) is 3.28. The molecule has 4 nitrogen and oxygen atoms in total. The molecule has 0 fully saturated rings. The number of aryl methyl sites for hydroxylation is 1. The van der Waals surface area contributed by atoms with E-state index in [9.17, 15) is 14.3 Å². The van der Waals surface area contributed by atoms with Gasteiger partial charge in [-0.15, -0.1) is 0 Å². The van der Waals surface area contributed by atoms with E-state index >= 15 is 0 Å². The lowest BCUT2D eigenvalue weighted by Crippen LogP contribution is -2.40. The molecule has 1 aromatic carbocycles. The third-order valence-corrected chi connectivity index (χ3v) is 3.12. The van der Waals surface area contributed by atoms with E-state index in [1.165, 1.54) is 31.5 Å². The number of nitrogens with one attached hydrogen (secondary N) is 1. The molecule has 0 saturated carbocycles. The van der Waals surface area contributed by atoms with Gasteiger partial charge in [0.1, 0.15) is 5.82 Å². The first-order chi connectivity index (χ1) is 9.41. The number of hydrogen-bond donors (Lipinski definition) is 2. The number of carboxylic acid groups (broad SMARTS) is 1. The van der Waals surface area contributed by atoms with Crippen LogP contribution in [0.5, 0.6) is 0 Å². The first kappa shape index (κ1) is 14.0. The fourth-order valence-corrected chi connectivity index (χ4v) is 2.03. The molecule has 1 aromatic heterocycles. The Labute approximate surface area is 116 Å². The van der Waals surface area contributed by atoms with Crippen molar-refractivity contribution in [3.05, 3.63) is 59.7 Å². The number of hydrogen-bond acceptors (Lipinski definition) is 3. The highest BCUT2D eigenvalue weighted by molar-refractivity contribution is 5.84. The van der Waals surface area contributed by atoms with Crippen molar-refractivity contribution in [2.45, 2.75) is 19.4 Å². The van der Waals surface area contributed by atoms with E-state index in [-0.39, 0.29) is 0 Å². The molecule has 0 aliphatic rings. The van der Waals surface area contributed by atoms with Crippen LogP contribution in [0, 0.1) is 12.7 Å². The molecule has 1 atom stereocenters. The highest BCUT2D eigenvalue weighted by Crippen LogP contribution is 2.27. The number of carbonyl (C=O) groups is 1. The Hall–Kier alpha value is -2.43. The van der Waals surface area contributed by atoms with Crippen molar-refractivity contribution in [1.29, 1.82) is 0 Å². The van der Waals surface area contributed by atoms with E-state index in [2.05, 4.69) is 10.3 Å². The summed E-state index contributed by atoms with van der Waals surface area (Å²) < 4.78 is 13.4. The van der Waals surface area contributed by atoms with E-state index in [1.54, 1.807) is 25.1 Å². The Kier molecular flexibility index (Phi) is 3.70. The van der Waals surface area contributed by atoms with Gasteiger partial charge in [0.25, 0.3) is 0 Å². The standard InChI is InChI=1S/C15H15FN2O2/c1-10-7-12(16)9-13(8-10)18-15(2,14(19)20)11-3-5-17-6-4-11/h3-9,18H,1-2H3,(H,19,20). The van der Waals surface area contributed by atoms with Crippen molar-refractivity contribution in [1.82, 2.24) is 4.98 Å². The Morgan fingerprint density at radius 2 is 1.95 bits per heavy atom. The zero-order valence-electron chi connectivity index (χ0n) is 11.2. The third kappa shape index (κ3) is 2.77. The lowest BCUT2D eigenvalue weighted by molar-refractivity contribution is -0.142. The first-order valence-electron chi connectivity index (χ1n) is 6.11. The van der Waals surface area contributed by atoms with Crippen LogP contribution in [0.3, 0.4) is 0 Å². The second kappa shape index (κ2) is 5.28. The molecule has 0 bridgehead atoms. The molecule has 20 heavy (non-hydrogen) atoms. The van der Waals surface area contributed by atoms with Crippen LogP contribution in [0.1, 0.15) is 18.1 Å². The molecule has 0 spiro atoms. The minimum Gasteiger partial charge on any atom is -0.479 e. The van der Waals surface area contributed by atoms with E-state index in [4.69, 9.17) is 0 Å². The van der Waals surface area contributed by atoms with Crippen LogP contribution in [0.15, 0.2) is 42.7 Å². The van der Waals surface area contributed by atoms with Crippen LogP contribution in [-0.2, 0) is 10.3 Å². The fourth-order valence-electron chi connectivity index (χ4n) is 2.03. The molecule has 5 heteroatoms. The average Bonchev–Trinajstić information content (AvgIpc) is 2.38. The molecule has 0 amide bonds. The van der Waals surface area contributed by atoms with Gasteiger partial charge in [0.2, 0.25) is 0 Å². The highest BCUT2D eigenvalue weighted by atomic mass is 19.1. The molecule has 104 valence electrons. The molecule has 0 saturated heterocycles. The maximum atomic E-state index is 13.4. The number of carboxylic acids is 1. The molecule has 2 rings (SSSR count). The third-order valence-electron chi connectivity index (χ3n) is 3.12. The van der Waals surface area contributed by atoms with Crippen LogP contribution in [0.2, 0.25) is 0 Å². The smallest absolute Gasteiger partial charge is 0.333 e. The van der Waals surface area contributed by atoms with E-state index < -0.39 is 17.3 Å². The van der Waals surface area contributed by atoms with Crippen LogP contribution in [0.25, 0.3) is 0 Å². The molecule has 0 aliphatic carbocycles. The Balaban J connectivity index is 2.42. The number of aliphatic carboxylic acids is 1. The first-order valence-corrected chi connectivity index (χ1v) is 6.11. The van der Waals surface area contributed by atoms with Crippen LogP contribution < -0.4 is 5.32 Å². The van der Waals surface area contributed by atoms with Crippen molar-refractivity contribution >= 4 is 11.7 Å². The van der Waals surface area contributed by atoms with Crippen molar-refractivity contribution in [3.63, 3.8) is 0 Å². The highest BCUT2D eigenvalue weighted by Gasteiger charge is 2.35. The monoisotopic (exact) mass is 274 g/mol. The van der Waals surface area contributed by atoms with Crippen molar-refractivity contribution in [2.75, 3.05) is 5.32 Å². The summed E-state index contributed by atoms with van der Waals surface area (Å²) in [4.78, 5) is 15.5. The maximum Gasteiger partial charge on any atom is 0.333 e. The number of anilines is 1. The van der Waals surface area contributed by atoms with Gasteiger partial charge in [-0.1, -0.05) is 0 Å². The largest absolute Gasteiger partial charge is 0.479 e. The maximum absolute atomic E-state index is 13.4. The summed E-state index contributed by atoms with van der Waals surface area (Å²) in [6.07, 6.45) is 3.05. The van der Waals surface area contributed by atoms with Gasteiger partial charge in [-0.05, 0) is 55.3 Å². The average molecular weight is 274 g/mol. The number of rotatable bonds is 4. The second-order valence-electron chi connectivity index (χ2n) is 4.81. The van der Waals surface area contributed by atoms with Gasteiger partial charge >= 0.3 is 5.97 Å². The minimum atomic E-state index is -1.36. The van der Waals surface area contributed by atoms with Crippen molar-refractivity contribution in [3.8, 4) is 0 Å². The Morgan fingerprint density at radius 1 is 1.30 bits per heavy atom. The molecular formula is C15H15FN2O2. The SMILES string of the molecule is Cc1cc(F)cc(NC(C)(C(=O)O)c2ccncc2)c1. The molecule has 0 radical (unpaired) electrons. The van der Waals surface area contributed by atoms with Crippen molar-refractivity contribution < 1.29 is 14.3 Å². The molecule has 1 unspecified atom stereocenters. The van der Waals surface area contributed by atoms with Gasteiger partial charge in [0.15, 0.2) is 5.54 Å². The van der Waals surface area contributed by atoms with Crippen LogP contribution >= 0.6 is 0 Å². The summed E-state index contributed by atoms with van der Waals surface area (Å²) in [5.41, 5.74) is 0.324. The molecule has 0 aliphatic heterocycles. The predicted molar refractivity (Wildman–Crippen MR) is 74.0 cm³/mol. The quantitative estimate of drug-likeness (QED) is 0.899. The van der Waals surface area contributed by atoms with Gasteiger partial charge in [-0.2, -0.15) is 0 Å². The van der Waals surface area contributed by atoms with Crippen LogP contribution in [-0.4, -0.2) is 16.1 Å². The minimum absolute atomic E-state index is 0.407. The van der Waals surface area contributed by atoms with Gasteiger partial charge in [-0.25, -0.2) is 9.18 Å².